The molecule has 3 aromatic rings. The van der Waals surface area contributed by atoms with E-state index in [1.165, 1.54) is 9.40 Å². The molecule has 0 aliphatic rings. The Bertz CT molecular complexity index is 724. The molecule has 0 aliphatic carbocycles. The Morgan fingerprint density at radius 2 is 2.00 bits per heavy atom. The van der Waals surface area contributed by atoms with Crippen molar-refractivity contribution in [2.45, 2.75) is 20.0 Å². The molecule has 0 saturated heterocycles. The lowest BCUT2D eigenvalue weighted by molar-refractivity contribution is 0.104. The maximum atomic E-state index is 12.5. The molecule has 0 aliphatic heterocycles. The highest BCUT2D eigenvalue weighted by molar-refractivity contribution is 7.28. The molecule has 0 bridgehead atoms. The van der Waals surface area contributed by atoms with Crippen LogP contribution in [0.1, 0.15) is 29.1 Å². The zero-order chi connectivity index (χ0) is 14.1. The van der Waals surface area contributed by atoms with Gasteiger partial charge in [0.15, 0.2) is 0 Å². The van der Waals surface area contributed by atoms with Gasteiger partial charge in [-0.15, -0.1) is 22.7 Å². The number of fused-ring (bicyclic) bond motifs is 1. The number of ketones is 1. The largest absolute Gasteiger partial charge is 0.491 e. The zero-order valence-electron chi connectivity index (χ0n) is 11.3. The summed E-state index contributed by atoms with van der Waals surface area (Å²) in [6.07, 6.45) is 0.104. The van der Waals surface area contributed by atoms with Crippen molar-refractivity contribution in [3.05, 3.63) is 52.2 Å². The molecule has 102 valence electrons. The number of carbonyl (C=O) groups is 1. The molecule has 0 fully saturated rings. The fourth-order valence-electron chi connectivity index (χ4n) is 2.00. The van der Waals surface area contributed by atoms with Crippen LogP contribution >= 0.6 is 22.7 Å². The maximum absolute atomic E-state index is 12.5. The first kappa shape index (κ1) is 13.3. The van der Waals surface area contributed by atoms with Gasteiger partial charge in [0.25, 0.3) is 0 Å². The van der Waals surface area contributed by atoms with Crippen molar-refractivity contribution in [1.82, 2.24) is 0 Å². The summed E-state index contributed by atoms with van der Waals surface area (Å²) in [7, 11) is 0. The third-order valence-corrected chi connectivity index (χ3v) is 4.92. The predicted octanol–water partition coefficient (Wildman–Crippen LogP) is 4.98. The van der Waals surface area contributed by atoms with E-state index in [0.29, 0.717) is 5.56 Å². The molecule has 2 heterocycles. The van der Waals surface area contributed by atoms with E-state index in [1.54, 1.807) is 22.7 Å². The lowest BCUT2D eigenvalue weighted by Gasteiger charge is -2.10. The lowest BCUT2D eigenvalue weighted by atomic mass is 10.1. The van der Waals surface area contributed by atoms with E-state index in [-0.39, 0.29) is 11.9 Å². The summed E-state index contributed by atoms with van der Waals surface area (Å²) in [5, 5.41) is 2.05. The SMILES string of the molecule is CC(C)Oc1cccc(C(=O)c2cc3sccc3s2)c1. The smallest absolute Gasteiger partial charge is 0.203 e. The Kier molecular flexibility index (Phi) is 3.59. The van der Waals surface area contributed by atoms with Crippen LogP contribution in [0, 0.1) is 0 Å². The van der Waals surface area contributed by atoms with Crippen molar-refractivity contribution < 1.29 is 9.53 Å². The number of ether oxygens (including phenoxy) is 1. The fourth-order valence-corrected chi connectivity index (χ4v) is 4.07. The average Bonchev–Trinajstić information content (AvgIpc) is 2.98. The predicted molar refractivity (Wildman–Crippen MR) is 85.3 cm³/mol. The van der Waals surface area contributed by atoms with E-state index < -0.39 is 0 Å². The Morgan fingerprint density at radius 3 is 2.75 bits per heavy atom. The third kappa shape index (κ3) is 2.62. The van der Waals surface area contributed by atoms with Crippen LogP contribution < -0.4 is 4.74 Å². The quantitative estimate of drug-likeness (QED) is 0.635. The van der Waals surface area contributed by atoms with Gasteiger partial charge in [-0.05, 0) is 43.5 Å². The summed E-state index contributed by atoms with van der Waals surface area (Å²) in [5.74, 6) is 0.803. The van der Waals surface area contributed by atoms with Crippen molar-refractivity contribution >= 4 is 37.9 Å². The van der Waals surface area contributed by atoms with E-state index in [2.05, 4.69) is 6.07 Å². The zero-order valence-corrected chi connectivity index (χ0v) is 12.9. The molecule has 0 unspecified atom stereocenters. The maximum Gasteiger partial charge on any atom is 0.203 e. The molecule has 20 heavy (non-hydrogen) atoms. The van der Waals surface area contributed by atoms with Gasteiger partial charge in [-0.2, -0.15) is 0 Å². The first-order valence-electron chi connectivity index (χ1n) is 6.42. The molecule has 3 rings (SSSR count). The number of hydrogen-bond donors (Lipinski definition) is 0. The van der Waals surface area contributed by atoms with Crippen LogP contribution in [0.15, 0.2) is 41.8 Å². The minimum Gasteiger partial charge on any atom is -0.491 e. The molecule has 0 spiro atoms. The van der Waals surface area contributed by atoms with E-state index in [1.807, 2.05) is 49.6 Å². The molecule has 0 saturated carbocycles. The minimum atomic E-state index is 0.0626. The highest BCUT2D eigenvalue weighted by atomic mass is 32.1. The van der Waals surface area contributed by atoms with Crippen molar-refractivity contribution in [1.29, 1.82) is 0 Å². The fraction of sp³-hybridized carbons (Fsp3) is 0.188. The van der Waals surface area contributed by atoms with E-state index >= 15 is 0 Å². The van der Waals surface area contributed by atoms with Gasteiger partial charge in [-0.25, -0.2) is 0 Å². The summed E-state index contributed by atoms with van der Waals surface area (Å²) in [6.45, 7) is 3.95. The lowest BCUT2D eigenvalue weighted by Crippen LogP contribution is -2.06. The average molecular weight is 302 g/mol. The van der Waals surface area contributed by atoms with Gasteiger partial charge in [0.05, 0.1) is 11.0 Å². The van der Waals surface area contributed by atoms with Crippen molar-refractivity contribution in [2.75, 3.05) is 0 Å². The number of rotatable bonds is 4. The van der Waals surface area contributed by atoms with Gasteiger partial charge < -0.3 is 4.74 Å². The summed E-state index contributed by atoms with van der Waals surface area (Å²) in [6, 6.07) is 11.4. The van der Waals surface area contributed by atoms with Gasteiger partial charge in [-0.1, -0.05) is 12.1 Å². The minimum absolute atomic E-state index is 0.0626. The summed E-state index contributed by atoms with van der Waals surface area (Å²) >= 11 is 3.21. The third-order valence-electron chi connectivity index (χ3n) is 2.83. The normalized spacial score (nSPS) is 11.2. The highest BCUT2D eigenvalue weighted by Crippen LogP contribution is 2.31. The number of benzene rings is 1. The number of thiophene rings is 2. The first-order chi connectivity index (χ1) is 9.63. The molecule has 4 heteroatoms. The van der Waals surface area contributed by atoms with Crippen molar-refractivity contribution in [3.63, 3.8) is 0 Å². The van der Waals surface area contributed by atoms with Crippen LogP contribution in [-0.4, -0.2) is 11.9 Å². The second-order valence-electron chi connectivity index (χ2n) is 4.78. The van der Waals surface area contributed by atoms with Crippen molar-refractivity contribution in [2.24, 2.45) is 0 Å². The molecule has 0 N–H and O–H groups in total. The van der Waals surface area contributed by atoms with E-state index in [0.717, 1.165) is 10.6 Å². The molecule has 0 radical (unpaired) electrons. The van der Waals surface area contributed by atoms with Gasteiger partial charge in [-0.3, -0.25) is 4.79 Å². The van der Waals surface area contributed by atoms with Gasteiger partial charge >= 0.3 is 0 Å². The van der Waals surface area contributed by atoms with E-state index in [4.69, 9.17) is 4.74 Å². The Balaban J connectivity index is 1.91. The first-order valence-corrected chi connectivity index (χ1v) is 8.11. The molecule has 2 aromatic heterocycles. The Hall–Kier alpha value is -1.65. The van der Waals surface area contributed by atoms with Crippen LogP contribution in [-0.2, 0) is 0 Å². The summed E-state index contributed by atoms with van der Waals surface area (Å²) in [4.78, 5) is 13.3. The molecular formula is C16H14O2S2. The van der Waals surface area contributed by atoms with E-state index in [9.17, 15) is 4.79 Å². The second kappa shape index (κ2) is 5.38. The van der Waals surface area contributed by atoms with Crippen LogP contribution in [0.5, 0.6) is 5.75 Å². The van der Waals surface area contributed by atoms with Gasteiger partial charge in [0.1, 0.15) is 5.75 Å². The summed E-state index contributed by atoms with van der Waals surface area (Å²) in [5.41, 5.74) is 0.678. The highest BCUT2D eigenvalue weighted by Gasteiger charge is 2.14. The number of hydrogen-bond acceptors (Lipinski definition) is 4. The van der Waals surface area contributed by atoms with Crippen molar-refractivity contribution in [3.8, 4) is 5.75 Å². The van der Waals surface area contributed by atoms with Gasteiger partial charge in [0.2, 0.25) is 5.78 Å². The summed E-state index contributed by atoms with van der Waals surface area (Å²) < 4.78 is 7.99. The number of carbonyl (C=O) groups excluding carboxylic acids is 1. The Labute approximate surface area is 125 Å². The molecule has 1 aromatic carbocycles. The van der Waals surface area contributed by atoms with Crippen LogP contribution in [0.25, 0.3) is 9.40 Å². The Morgan fingerprint density at radius 1 is 1.15 bits per heavy atom. The molecule has 0 amide bonds. The molecule has 2 nitrogen and oxygen atoms in total. The van der Waals surface area contributed by atoms with Gasteiger partial charge in [0, 0.05) is 15.0 Å². The molecule has 0 atom stereocenters. The molecular weight excluding hydrogens is 288 g/mol. The standard InChI is InChI=1S/C16H14O2S2/c1-10(2)18-12-5-3-4-11(8-12)16(17)15-9-14-13(20-15)6-7-19-14/h3-10H,1-2H3. The van der Waals surface area contributed by atoms with Crippen LogP contribution in [0.2, 0.25) is 0 Å². The van der Waals surface area contributed by atoms with Crippen LogP contribution in [0.4, 0.5) is 0 Å². The second-order valence-corrected chi connectivity index (χ2v) is 6.81. The topological polar surface area (TPSA) is 26.3 Å². The monoisotopic (exact) mass is 302 g/mol. The van der Waals surface area contributed by atoms with Crippen LogP contribution in [0.3, 0.4) is 0 Å².